The number of aromatic nitrogens is 2. The van der Waals surface area contributed by atoms with Gasteiger partial charge in [-0.3, -0.25) is 19.3 Å². The molecule has 0 bridgehead atoms. The van der Waals surface area contributed by atoms with Crippen LogP contribution >= 0.6 is 11.6 Å². The summed E-state index contributed by atoms with van der Waals surface area (Å²) < 4.78 is 19.7. The van der Waals surface area contributed by atoms with Crippen molar-refractivity contribution in [1.82, 2.24) is 25.1 Å². The normalized spacial score (nSPS) is 20.9. The fraction of sp³-hybridized carbons (Fsp3) is 0.385. The Morgan fingerprint density at radius 1 is 1.36 bits per heavy atom. The minimum absolute atomic E-state index is 0.0587. The number of carbonyl (C=O) groups is 4. The molecule has 2 fully saturated rings. The van der Waals surface area contributed by atoms with E-state index in [1.807, 2.05) is 0 Å². The van der Waals surface area contributed by atoms with Crippen LogP contribution in [-0.2, 0) is 19.1 Å². The molecule has 1 saturated heterocycles. The number of nitrogens with zero attached hydrogens (tertiary/aromatic N) is 4. The second kappa shape index (κ2) is 11.8. The van der Waals surface area contributed by atoms with Crippen LogP contribution in [0.4, 0.5) is 9.18 Å². The Morgan fingerprint density at radius 2 is 2.13 bits per heavy atom. The molecular weight excluding hydrogens is 531 g/mol. The Labute approximate surface area is 228 Å². The molecule has 0 spiro atoms. The highest BCUT2D eigenvalue weighted by atomic mass is 35.5. The maximum absolute atomic E-state index is 14.9. The number of allylic oxidation sites excluding steroid dienone is 2. The van der Waals surface area contributed by atoms with Crippen molar-refractivity contribution in [3.63, 3.8) is 0 Å². The third kappa shape index (κ3) is 5.85. The van der Waals surface area contributed by atoms with Gasteiger partial charge in [-0.1, -0.05) is 18.2 Å². The van der Waals surface area contributed by atoms with Gasteiger partial charge in [-0.2, -0.15) is 0 Å². The van der Waals surface area contributed by atoms with E-state index in [0.29, 0.717) is 46.1 Å². The van der Waals surface area contributed by atoms with Gasteiger partial charge in [0, 0.05) is 41.1 Å². The second-order valence-electron chi connectivity index (χ2n) is 9.17. The Hall–Kier alpha value is -4.06. The number of pyridine rings is 1. The predicted octanol–water partition coefficient (Wildman–Crippen LogP) is 3.60. The number of nitrogens with one attached hydrogen (secondary N) is 2. The first kappa shape index (κ1) is 28.0. The quantitative estimate of drug-likeness (QED) is 0.158. The van der Waals surface area contributed by atoms with Gasteiger partial charge in [0.25, 0.3) is 0 Å². The number of aromatic amines is 1. The first-order valence-electron chi connectivity index (χ1n) is 12.5. The lowest BCUT2D eigenvalue weighted by atomic mass is 9.90. The van der Waals surface area contributed by atoms with E-state index < -0.39 is 42.2 Å². The third-order valence-electron chi connectivity index (χ3n) is 6.60. The van der Waals surface area contributed by atoms with E-state index in [2.05, 4.69) is 26.9 Å². The number of aliphatic imine (C=N–C) groups is 1. The van der Waals surface area contributed by atoms with Crippen molar-refractivity contribution >= 4 is 52.2 Å². The fourth-order valence-electron chi connectivity index (χ4n) is 4.80. The van der Waals surface area contributed by atoms with Crippen LogP contribution in [0.3, 0.4) is 0 Å². The van der Waals surface area contributed by atoms with E-state index in [9.17, 15) is 23.6 Å². The minimum atomic E-state index is -1.07. The molecule has 1 aliphatic heterocycles. The molecule has 2 aromatic rings. The molecule has 13 heteroatoms. The topological polar surface area (TPSA) is 137 Å². The molecule has 39 heavy (non-hydrogen) atoms. The SMILES string of the molecule is C=C/C(F)=C(\N=C(/C)c1c[nH]c2ncc(Cl)cc12)N[C@H]1CCC[C@@H](N2C(=O)C(=O)N(CC(=O)OCC)C2=O)C1. The van der Waals surface area contributed by atoms with Crippen LogP contribution in [0.1, 0.15) is 45.1 Å². The van der Waals surface area contributed by atoms with Gasteiger partial charge in [0.2, 0.25) is 0 Å². The van der Waals surface area contributed by atoms with Gasteiger partial charge in [0.15, 0.2) is 11.6 Å². The molecule has 2 aliphatic rings. The average Bonchev–Trinajstić information content (AvgIpc) is 3.42. The van der Waals surface area contributed by atoms with Gasteiger partial charge in [0.1, 0.15) is 12.2 Å². The number of fused-ring (bicyclic) bond motifs is 1. The summed E-state index contributed by atoms with van der Waals surface area (Å²) in [6.45, 7) is 6.25. The first-order valence-corrected chi connectivity index (χ1v) is 12.8. The van der Waals surface area contributed by atoms with Gasteiger partial charge < -0.3 is 15.0 Å². The smallest absolute Gasteiger partial charge is 0.335 e. The van der Waals surface area contributed by atoms with Crippen LogP contribution in [0.5, 0.6) is 0 Å². The predicted molar refractivity (Wildman–Crippen MR) is 141 cm³/mol. The van der Waals surface area contributed by atoms with E-state index in [1.54, 1.807) is 26.1 Å². The molecule has 2 N–H and O–H groups in total. The maximum atomic E-state index is 14.9. The lowest BCUT2D eigenvalue weighted by Crippen LogP contribution is -2.47. The summed E-state index contributed by atoms with van der Waals surface area (Å²) in [5.41, 5.74) is 1.78. The molecule has 2 atom stereocenters. The maximum Gasteiger partial charge on any atom is 0.335 e. The van der Waals surface area contributed by atoms with Gasteiger partial charge in [-0.05, 0) is 51.7 Å². The molecule has 4 amide bonds. The van der Waals surface area contributed by atoms with Crippen molar-refractivity contribution in [3.05, 3.63) is 53.3 Å². The Balaban J connectivity index is 1.52. The standard InChI is InChI=1S/C26H28ClFN6O5/c1-4-20(28)23(31-14(3)19-12-30-22-18(19)9-15(27)11-29-22)32-16-7-6-8-17(10-16)34-25(37)24(36)33(26(34)38)13-21(35)39-5-2/h4,9,11-12,16-17,32H,1,5-8,10,13H2,2-3H3,(H,29,30)/b23-20-,31-14+/t16-,17+/m0/s1. The number of imide groups is 2. The molecule has 1 aliphatic carbocycles. The van der Waals surface area contributed by atoms with E-state index in [0.717, 1.165) is 16.4 Å². The number of amides is 4. The summed E-state index contributed by atoms with van der Waals surface area (Å²) in [6.07, 6.45) is 6.19. The van der Waals surface area contributed by atoms with Crippen LogP contribution in [0.25, 0.3) is 11.0 Å². The third-order valence-corrected chi connectivity index (χ3v) is 6.81. The minimum Gasteiger partial charge on any atom is -0.465 e. The second-order valence-corrected chi connectivity index (χ2v) is 9.60. The summed E-state index contributed by atoms with van der Waals surface area (Å²) in [5, 5.41) is 4.26. The highest BCUT2D eigenvalue weighted by Crippen LogP contribution is 2.29. The highest BCUT2D eigenvalue weighted by molar-refractivity contribution is 6.45. The van der Waals surface area contributed by atoms with E-state index in [1.165, 1.54) is 6.20 Å². The van der Waals surface area contributed by atoms with Gasteiger partial charge >= 0.3 is 23.8 Å². The summed E-state index contributed by atoms with van der Waals surface area (Å²) in [7, 11) is 0. The summed E-state index contributed by atoms with van der Waals surface area (Å²) >= 11 is 6.09. The lowest BCUT2D eigenvalue weighted by Gasteiger charge is -2.34. The average molecular weight is 559 g/mol. The number of rotatable bonds is 9. The zero-order valence-corrected chi connectivity index (χ0v) is 22.3. The van der Waals surface area contributed by atoms with E-state index in [-0.39, 0.29) is 24.9 Å². The number of urea groups is 1. The number of ether oxygens (including phenoxy) is 1. The van der Waals surface area contributed by atoms with Crippen LogP contribution in [-0.4, -0.2) is 74.5 Å². The molecule has 0 aromatic carbocycles. The number of hydrogen-bond acceptors (Lipinski definition) is 8. The number of hydrogen-bond donors (Lipinski definition) is 2. The van der Waals surface area contributed by atoms with Gasteiger partial charge in [0.05, 0.1) is 11.6 Å². The summed E-state index contributed by atoms with van der Waals surface area (Å²) in [4.78, 5) is 63.1. The van der Waals surface area contributed by atoms with Crippen molar-refractivity contribution in [3.8, 4) is 0 Å². The van der Waals surface area contributed by atoms with Crippen molar-refractivity contribution in [2.24, 2.45) is 4.99 Å². The van der Waals surface area contributed by atoms with Crippen LogP contribution in [0, 0.1) is 0 Å². The molecule has 1 saturated carbocycles. The number of H-pyrrole nitrogens is 1. The molecule has 206 valence electrons. The van der Waals surface area contributed by atoms with Crippen molar-refractivity contribution in [1.29, 1.82) is 0 Å². The molecular formula is C26H28ClFN6O5. The number of halogens is 2. The molecule has 11 nitrogen and oxygen atoms in total. The largest absolute Gasteiger partial charge is 0.465 e. The Morgan fingerprint density at radius 3 is 2.85 bits per heavy atom. The van der Waals surface area contributed by atoms with Gasteiger partial charge in [-0.25, -0.2) is 24.1 Å². The van der Waals surface area contributed by atoms with Gasteiger partial charge in [-0.15, -0.1) is 0 Å². The zero-order chi connectivity index (χ0) is 28.3. The van der Waals surface area contributed by atoms with E-state index >= 15 is 0 Å². The summed E-state index contributed by atoms with van der Waals surface area (Å²) in [5.74, 6) is -3.60. The zero-order valence-electron chi connectivity index (χ0n) is 21.5. The monoisotopic (exact) mass is 558 g/mol. The first-order chi connectivity index (χ1) is 18.6. The van der Waals surface area contributed by atoms with Crippen LogP contribution in [0.2, 0.25) is 5.02 Å². The summed E-state index contributed by atoms with van der Waals surface area (Å²) in [6, 6.07) is -0.114. The lowest BCUT2D eigenvalue weighted by molar-refractivity contribution is -0.149. The van der Waals surface area contributed by atoms with Crippen LogP contribution in [0.15, 0.2) is 47.8 Å². The molecule has 0 radical (unpaired) electrons. The van der Waals surface area contributed by atoms with E-state index in [4.69, 9.17) is 16.3 Å². The Kier molecular flexibility index (Phi) is 8.44. The number of carbonyl (C=O) groups excluding carboxylic acids is 4. The molecule has 4 rings (SSSR count). The van der Waals surface area contributed by atoms with Crippen molar-refractivity contribution in [2.75, 3.05) is 13.2 Å². The Bertz CT molecular complexity index is 1400. The molecule has 3 heterocycles. The van der Waals surface area contributed by atoms with Crippen molar-refractivity contribution < 1.29 is 28.3 Å². The molecule has 0 unspecified atom stereocenters. The highest BCUT2D eigenvalue weighted by Gasteiger charge is 2.49. The van der Waals surface area contributed by atoms with Crippen molar-refractivity contribution in [2.45, 2.75) is 51.6 Å². The number of esters is 1. The fourth-order valence-corrected chi connectivity index (χ4v) is 4.96. The molecule has 2 aromatic heterocycles. The van der Waals surface area contributed by atoms with Crippen LogP contribution < -0.4 is 5.32 Å².